The molecule has 0 fully saturated rings. The molecule has 1 N–H and O–H groups in total. The average molecular weight is 276 g/mol. The van der Waals surface area contributed by atoms with Gasteiger partial charge in [-0.1, -0.05) is 69.7 Å². The van der Waals surface area contributed by atoms with E-state index in [1.807, 2.05) is 0 Å². The van der Waals surface area contributed by atoms with Gasteiger partial charge in [0.05, 0.1) is 5.92 Å². The molecule has 0 saturated carbocycles. The van der Waals surface area contributed by atoms with Crippen molar-refractivity contribution in [3.63, 3.8) is 0 Å². The quantitative estimate of drug-likeness (QED) is 0.508. The molecule has 1 rings (SSSR count). The maximum atomic E-state index is 11.4. The van der Waals surface area contributed by atoms with Crippen LogP contribution in [0.3, 0.4) is 0 Å². The van der Waals surface area contributed by atoms with Crippen LogP contribution in [0, 0.1) is 0 Å². The third-order valence-corrected chi connectivity index (χ3v) is 3.62. The summed E-state index contributed by atoms with van der Waals surface area (Å²) in [5, 5.41) is 9.32. The summed E-state index contributed by atoms with van der Waals surface area (Å²) in [6.45, 7) is 2.18. The van der Waals surface area contributed by atoms with E-state index in [0.29, 0.717) is 12.0 Å². The predicted molar refractivity (Wildman–Crippen MR) is 80.2 cm³/mol. The molecular formula is C17H24O3. The van der Waals surface area contributed by atoms with Gasteiger partial charge in [-0.05, 0) is 12.0 Å². The summed E-state index contributed by atoms with van der Waals surface area (Å²) in [6, 6.07) is 6.86. The van der Waals surface area contributed by atoms with E-state index in [4.69, 9.17) is 0 Å². The van der Waals surface area contributed by atoms with Crippen LogP contribution >= 0.6 is 0 Å². The zero-order valence-corrected chi connectivity index (χ0v) is 12.2. The third-order valence-electron chi connectivity index (χ3n) is 3.62. The maximum absolute atomic E-state index is 11.4. The van der Waals surface area contributed by atoms with Gasteiger partial charge in [0.2, 0.25) is 0 Å². The Kier molecular flexibility index (Phi) is 7.63. The highest BCUT2D eigenvalue weighted by Crippen LogP contribution is 2.23. The number of aliphatic carboxylic acids is 1. The van der Waals surface area contributed by atoms with Crippen LogP contribution in [0.1, 0.15) is 73.7 Å². The van der Waals surface area contributed by atoms with Gasteiger partial charge in [-0.3, -0.25) is 9.59 Å². The van der Waals surface area contributed by atoms with Gasteiger partial charge in [0.25, 0.3) is 0 Å². The molecule has 1 aromatic rings. The highest BCUT2D eigenvalue weighted by molar-refractivity contribution is 5.78. The fourth-order valence-electron chi connectivity index (χ4n) is 2.37. The molecule has 20 heavy (non-hydrogen) atoms. The molecule has 3 nitrogen and oxygen atoms in total. The van der Waals surface area contributed by atoms with Gasteiger partial charge in [-0.15, -0.1) is 0 Å². The highest BCUT2D eigenvalue weighted by Gasteiger charge is 2.18. The van der Waals surface area contributed by atoms with Crippen molar-refractivity contribution in [2.24, 2.45) is 0 Å². The van der Waals surface area contributed by atoms with Crippen molar-refractivity contribution in [2.45, 2.75) is 57.8 Å². The molecular weight excluding hydrogens is 252 g/mol. The molecule has 0 amide bonds. The zero-order chi connectivity index (χ0) is 14.8. The zero-order valence-electron chi connectivity index (χ0n) is 12.2. The lowest BCUT2D eigenvalue weighted by Gasteiger charge is -2.12. The van der Waals surface area contributed by atoms with E-state index in [9.17, 15) is 14.7 Å². The van der Waals surface area contributed by atoms with Crippen molar-refractivity contribution in [1.29, 1.82) is 0 Å². The fraction of sp³-hybridized carbons (Fsp3) is 0.529. The Balaban J connectivity index is 2.47. The molecule has 0 aliphatic rings. The van der Waals surface area contributed by atoms with Crippen molar-refractivity contribution in [3.8, 4) is 0 Å². The van der Waals surface area contributed by atoms with Crippen LogP contribution < -0.4 is 0 Å². The molecule has 0 spiro atoms. The molecule has 0 aromatic heterocycles. The van der Waals surface area contributed by atoms with Gasteiger partial charge in [0.1, 0.15) is 6.29 Å². The van der Waals surface area contributed by atoms with Crippen molar-refractivity contribution in [2.75, 3.05) is 0 Å². The summed E-state index contributed by atoms with van der Waals surface area (Å²) in [5.41, 5.74) is 1.37. The lowest BCUT2D eigenvalue weighted by molar-refractivity contribution is -0.139. The number of carbonyl (C=O) groups excluding carboxylic acids is 1. The van der Waals surface area contributed by atoms with E-state index >= 15 is 0 Å². The van der Waals surface area contributed by atoms with Crippen LogP contribution in [0.15, 0.2) is 24.3 Å². The molecule has 1 atom stereocenters. The first-order valence-corrected chi connectivity index (χ1v) is 7.47. The summed E-state index contributed by atoms with van der Waals surface area (Å²) < 4.78 is 0. The van der Waals surface area contributed by atoms with Crippen LogP contribution in [0.25, 0.3) is 0 Å². The Morgan fingerprint density at radius 3 is 2.25 bits per heavy atom. The van der Waals surface area contributed by atoms with E-state index in [0.717, 1.165) is 24.7 Å². The first-order chi connectivity index (χ1) is 9.69. The van der Waals surface area contributed by atoms with Gasteiger partial charge in [0.15, 0.2) is 0 Å². The Hall–Kier alpha value is -1.64. The topological polar surface area (TPSA) is 54.4 Å². The maximum Gasteiger partial charge on any atom is 0.310 e. The lowest BCUT2D eigenvalue weighted by atomic mass is 9.92. The molecule has 0 aliphatic carbocycles. The molecule has 110 valence electrons. The van der Waals surface area contributed by atoms with Crippen molar-refractivity contribution < 1.29 is 14.7 Å². The van der Waals surface area contributed by atoms with Crippen LogP contribution in [-0.2, 0) is 4.79 Å². The lowest BCUT2D eigenvalue weighted by Crippen LogP contribution is -2.11. The van der Waals surface area contributed by atoms with Gasteiger partial charge in [-0.2, -0.15) is 0 Å². The minimum atomic E-state index is -0.780. The monoisotopic (exact) mass is 276 g/mol. The minimum absolute atomic E-state index is 0.457. The fourth-order valence-corrected chi connectivity index (χ4v) is 2.37. The van der Waals surface area contributed by atoms with E-state index in [-0.39, 0.29) is 0 Å². The minimum Gasteiger partial charge on any atom is -0.481 e. The largest absolute Gasteiger partial charge is 0.481 e. The summed E-state index contributed by atoms with van der Waals surface area (Å²) in [4.78, 5) is 22.0. The second-order valence-electron chi connectivity index (χ2n) is 5.23. The summed E-state index contributed by atoms with van der Waals surface area (Å²) in [7, 11) is 0. The highest BCUT2D eigenvalue weighted by atomic mass is 16.4. The second kappa shape index (κ2) is 9.29. The predicted octanol–water partition coefficient (Wildman–Crippen LogP) is 4.42. The number of aldehydes is 1. The molecule has 0 radical (unpaired) electrons. The second-order valence-corrected chi connectivity index (χ2v) is 5.23. The van der Waals surface area contributed by atoms with Crippen molar-refractivity contribution >= 4 is 12.3 Å². The van der Waals surface area contributed by atoms with Gasteiger partial charge < -0.3 is 5.11 Å². The smallest absolute Gasteiger partial charge is 0.310 e. The Bertz CT molecular complexity index is 409. The summed E-state index contributed by atoms with van der Waals surface area (Å²) in [6.07, 6.45) is 8.38. The summed E-state index contributed by atoms with van der Waals surface area (Å²) >= 11 is 0. The number of carbonyl (C=O) groups is 2. The molecule has 1 aromatic carbocycles. The average Bonchev–Trinajstić information content (AvgIpc) is 2.46. The number of carboxylic acid groups (broad SMARTS) is 1. The molecule has 0 aliphatic heterocycles. The number of benzene rings is 1. The van der Waals surface area contributed by atoms with Crippen LogP contribution in [0.2, 0.25) is 0 Å². The molecule has 1 unspecified atom stereocenters. The SMILES string of the molecule is CCCCCCCCC(C(=O)O)c1ccc(C=O)cc1. The first-order valence-electron chi connectivity index (χ1n) is 7.47. The molecule has 0 heterocycles. The Morgan fingerprint density at radius 2 is 1.70 bits per heavy atom. The standard InChI is InChI=1S/C17H24O3/c1-2-3-4-5-6-7-8-16(17(19)20)15-11-9-14(13-18)10-12-15/h9-13,16H,2-8H2,1H3,(H,19,20). The van der Waals surface area contributed by atoms with E-state index in [1.165, 1.54) is 25.7 Å². The van der Waals surface area contributed by atoms with Gasteiger partial charge in [0, 0.05) is 5.56 Å². The number of rotatable bonds is 10. The molecule has 0 saturated heterocycles. The van der Waals surface area contributed by atoms with E-state index < -0.39 is 11.9 Å². The Morgan fingerprint density at radius 1 is 1.10 bits per heavy atom. The van der Waals surface area contributed by atoms with Crippen LogP contribution in [0.5, 0.6) is 0 Å². The van der Waals surface area contributed by atoms with Gasteiger partial charge >= 0.3 is 5.97 Å². The number of unbranched alkanes of at least 4 members (excludes halogenated alkanes) is 5. The third kappa shape index (κ3) is 5.55. The molecule has 3 heteroatoms. The number of hydrogen-bond acceptors (Lipinski definition) is 2. The first kappa shape index (κ1) is 16.4. The van der Waals surface area contributed by atoms with E-state index in [2.05, 4.69) is 6.92 Å². The van der Waals surface area contributed by atoms with Crippen molar-refractivity contribution in [3.05, 3.63) is 35.4 Å². The number of hydrogen-bond donors (Lipinski definition) is 1. The normalized spacial score (nSPS) is 12.1. The Labute approximate surface area is 121 Å². The molecule has 0 bridgehead atoms. The van der Waals surface area contributed by atoms with E-state index in [1.54, 1.807) is 24.3 Å². The van der Waals surface area contributed by atoms with Crippen LogP contribution in [0.4, 0.5) is 0 Å². The summed E-state index contributed by atoms with van der Waals surface area (Å²) in [5.74, 6) is -1.24. The number of carboxylic acids is 1. The van der Waals surface area contributed by atoms with Crippen LogP contribution in [-0.4, -0.2) is 17.4 Å². The van der Waals surface area contributed by atoms with Crippen molar-refractivity contribution in [1.82, 2.24) is 0 Å². The van der Waals surface area contributed by atoms with Gasteiger partial charge in [-0.25, -0.2) is 0 Å².